The first-order valence-electron chi connectivity index (χ1n) is 30.3. The van der Waals surface area contributed by atoms with E-state index in [9.17, 15) is 35.5 Å². The molecule has 0 rings (SSSR count). The standard InChI is InChI=1S/2C29H59NO5S.2H3N/c2*1-4-6-7-8-9-10-11-12-13-14-15-16-17-18-19-20-21-22-23-25-28(31)30-27-24-26-29(3,5-2)35-36(32,33)34;;/h2*4-27H2,1-3H3,(H,30,31)(H,32,33,34);2*1H3. The van der Waals surface area contributed by atoms with Gasteiger partial charge in [-0.1, -0.05) is 259 Å². The molecule has 10 N–H and O–H groups in total. The summed E-state index contributed by atoms with van der Waals surface area (Å²) in [5, 5.41) is 5.76. The maximum Gasteiger partial charge on any atom is 0.219 e. The lowest BCUT2D eigenvalue weighted by Crippen LogP contribution is -2.33. The van der Waals surface area contributed by atoms with Crippen molar-refractivity contribution in [2.24, 2.45) is 0 Å². The highest BCUT2D eigenvalue weighted by atomic mass is 32.3. The van der Waals surface area contributed by atoms with E-state index in [-0.39, 0.29) is 24.1 Å². The van der Waals surface area contributed by atoms with Crippen molar-refractivity contribution in [2.75, 3.05) is 13.1 Å². The van der Waals surface area contributed by atoms with Crippen molar-refractivity contribution in [3.8, 4) is 0 Å². The van der Waals surface area contributed by atoms with E-state index in [2.05, 4.69) is 32.8 Å². The Morgan fingerprint density at radius 2 is 0.541 bits per heavy atom. The van der Waals surface area contributed by atoms with Gasteiger partial charge in [-0.05, 0) is 65.2 Å². The first-order valence-corrected chi connectivity index (χ1v) is 33.0. The fourth-order valence-corrected chi connectivity index (χ4v) is 10.7. The smallest absolute Gasteiger partial charge is 0.219 e. The third-order valence-corrected chi connectivity index (χ3v) is 15.7. The van der Waals surface area contributed by atoms with Crippen molar-refractivity contribution < 1.29 is 43.9 Å². The molecule has 2 unspecified atom stereocenters. The number of carbonyl (C=O) groups is 2. The van der Waals surface area contributed by atoms with Gasteiger partial charge in [-0.15, -0.1) is 0 Å². The molecule has 2 amide bonds. The SMILES string of the molecule is CCCCCCCCCCCCCCCCCCCCCC(=O)NCCCC(C)(CC)OS(=O)(=O)[O-].CCCCCCCCCCCCCCCCCCCCCC(=O)NCCCC(C)(CC)OS(=O)(=O)[O-].[NH4+].[NH4+]. The molecule has 0 aromatic heterocycles. The lowest BCUT2D eigenvalue weighted by Gasteiger charge is -2.29. The second-order valence-corrected chi connectivity index (χ2v) is 23.7. The van der Waals surface area contributed by atoms with E-state index in [1.807, 2.05) is 0 Å². The Morgan fingerprint density at radius 1 is 0.351 bits per heavy atom. The third kappa shape index (κ3) is 61.5. The van der Waals surface area contributed by atoms with Gasteiger partial charge in [-0.25, -0.2) is 16.8 Å². The van der Waals surface area contributed by atoms with Gasteiger partial charge in [-0.2, -0.15) is 0 Å². The van der Waals surface area contributed by atoms with E-state index in [4.69, 9.17) is 0 Å². The molecule has 2 atom stereocenters. The van der Waals surface area contributed by atoms with Crippen molar-refractivity contribution in [3.63, 3.8) is 0 Å². The van der Waals surface area contributed by atoms with E-state index in [0.29, 0.717) is 64.5 Å². The summed E-state index contributed by atoms with van der Waals surface area (Å²) in [6.07, 6.45) is 54.7. The maximum absolute atomic E-state index is 12.0. The largest absolute Gasteiger partial charge is 0.726 e. The highest BCUT2D eigenvalue weighted by Gasteiger charge is 2.26. The second kappa shape index (κ2) is 54.9. The lowest BCUT2D eigenvalue weighted by molar-refractivity contribution is -0.122. The van der Waals surface area contributed by atoms with Gasteiger partial charge in [0.2, 0.25) is 32.6 Å². The van der Waals surface area contributed by atoms with Crippen LogP contribution in [0.25, 0.3) is 0 Å². The summed E-state index contributed by atoms with van der Waals surface area (Å²) in [6, 6.07) is 0. The molecule has 74 heavy (non-hydrogen) atoms. The predicted octanol–water partition coefficient (Wildman–Crippen LogP) is 17.5. The van der Waals surface area contributed by atoms with Crippen molar-refractivity contribution >= 4 is 32.6 Å². The molecule has 0 aliphatic heterocycles. The summed E-state index contributed by atoms with van der Waals surface area (Å²) in [5.41, 5.74) is -2.00. The Morgan fingerprint density at radius 3 is 0.716 bits per heavy atom. The average molecular weight is 1100 g/mol. The molecule has 0 fully saturated rings. The molecule has 14 nitrogen and oxygen atoms in total. The van der Waals surface area contributed by atoms with Crippen molar-refractivity contribution in [2.45, 2.75) is 348 Å². The summed E-state index contributed by atoms with van der Waals surface area (Å²) in [5.74, 6) is 0.0788. The topological polar surface area (TPSA) is 264 Å². The number of carbonyl (C=O) groups excluding carboxylic acids is 2. The minimum absolute atomic E-state index is 0. The minimum Gasteiger partial charge on any atom is -0.726 e. The molecule has 0 saturated carbocycles. The lowest BCUT2D eigenvalue weighted by atomic mass is 9.97. The molecule has 0 saturated heterocycles. The van der Waals surface area contributed by atoms with Gasteiger partial charge in [0.1, 0.15) is 0 Å². The van der Waals surface area contributed by atoms with Gasteiger partial charge in [0.05, 0.1) is 11.2 Å². The van der Waals surface area contributed by atoms with E-state index >= 15 is 0 Å². The van der Waals surface area contributed by atoms with Gasteiger partial charge < -0.3 is 32.0 Å². The van der Waals surface area contributed by atoms with Crippen LogP contribution in [0.1, 0.15) is 337 Å². The molecule has 16 heteroatoms. The Bertz CT molecular complexity index is 1340. The summed E-state index contributed by atoms with van der Waals surface area (Å²) in [4.78, 5) is 23.9. The molecule has 0 aromatic carbocycles. The summed E-state index contributed by atoms with van der Waals surface area (Å²) >= 11 is 0. The first-order chi connectivity index (χ1) is 34.4. The molecule has 0 aliphatic rings. The Labute approximate surface area is 458 Å². The van der Waals surface area contributed by atoms with Crippen LogP contribution in [0.3, 0.4) is 0 Å². The molecule has 0 aliphatic carbocycles. The van der Waals surface area contributed by atoms with Crippen molar-refractivity contribution in [1.29, 1.82) is 0 Å². The number of hydrogen-bond donors (Lipinski definition) is 4. The Hall–Kier alpha value is -1.40. The molecular formula is C58H124N4O10S2. The van der Waals surface area contributed by atoms with Crippen LogP contribution < -0.4 is 22.9 Å². The fourth-order valence-electron chi connectivity index (χ4n) is 9.33. The molecule has 0 spiro atoms. The number of rotatable bonds is 54. The highest BCUT2D eigenvalue weighted by molar-refractivity contribution is 7.81. The molecule has 448 valence electrons. The number of unbranched alkanes of at least 4 members (excludes halogenated alkanes) is 36. The van der Waals surface area contributed by atoms with Crippen LogP contribution in [0.5, 0.6) is 0 Å². The zero-order valence-electron chi connectivity index (χ0n) is 49.8. The Kier molecular flexibility index (Phi) is 58.7. The highest BCUT2D eigenvalue weighted by Crippen LogP contribution is 2.25. The maximum atomic E-state index is 12.0. The molecule has 0 aromatic rings. The molecule has 0 heterocycles. The van der Waals surface area contributed by atoms with Crippen LogP contribution in [0.2, 0.25) is 0 Å². The average Bonchev–Trinajstić information content (AvgIpc) is 3.32. The van der Waals surface area contributed by atoms with Crippen LogP contribution in [-0.2, 0) is 38.8 Å². The number of hydrogen-bond acceptors (Lipinski definition) is 10. The molecule has 0 radical (unpaired) electrons. The van der Waals surface area contributed by atoms with Gasteiger partial charge in [0.15, 0.2) is 0 Å². The first kappa shape index (κ1) is 79.1. The third-order valence-electron chi connectivity index (χ3n) is 14.5. The zero-order chi connectivity index (χ0) is 53.9. The monoisotopic (exact) mass is 1100 g/mol. The predicted molar refractivity (Wildman–Crippen MR) is 311 cm³/mol. The quantitative estimate of drug-likeness (QED) is 0.0254. The minimum atomic E-state index is -4.72. The van der Waals surface area contributed by atoms with Crippen LogP contribution in [0.4, 0.5) is 0 Å². The summed E-state index contributed by atoms with van der Waals surface area (Å²) in [7, 11) is -9.44. The van der Waals surface area contributed by atoms with Crippen LogP contribution in [-0.4, -0.2) is 62.0 Å². The van der Waals surface area contributed by atoms with E-state index < -0.39 is 32.0 Å². The molecular weight excluding hydrogens is 977 g/mol. The Balaban J connectivity index is -0.000000645. The van der Waals surface area contributed by atoms with Crippen molar-refractivity contribution in [3.05, 3.63) is 0 Å². The fraction of sp³-hybridized carbons (Fsp3) is 0.966. The number of quaternary nitrogens is 2. The van der Waals surface area contributed by atoms with Crippen LogP contribution >= 0.6 is 0 Å². The van der Waals surface area contributed by atoms with Crippen molar-refractivity contribution in [1.82, 2.24) is 22.9 Å². The summed E-state index contributed by atoms with van der Waals surface area (Å²) in [6.45, 7) is 12.3. The number of nitrogens with one attached hydrogen (secondary N) is 2. The number of amides is 2. The van der Waals surface area contributed by atoms with Gasteiger partial charge in [-0.3, -0.25) is 18.0 Å². The van der Waals surface area contributed by atoms with Crippen LogP contribution in [0, 0.1) is 0 Å². The second-order valence-electron chi connectivity index (χ2n) is 21.7. The normalized spacial score (nSPS) is 13.2. The van der Waals surface area contributed by atoms with E-state index in [0.717, 1.165) is 25.7 Å². The van der Waals surface area contributed by atoms with Gasteiger partial charge >= 0.3 is 0 Å². The van der Waals surface area contributed by atoms with Crippen LogP contribution in [0.15, 0.2) is 0 Å². The van der Waals surface area contributed by atoms with Gasteiger partial charge in [0.25, 0.3) is 0 Å². The summed E-state index contributed by atoms with van der Waals surface area (Å²) < 4.78 is 74.4. The van der Waals surface area contributed by atoms with E-state index in [1.165, 1.54) is 218 Å². The van der Waals surface area contributed by atoms with E-state index in [1.54, 1.807) is 27.7 Å². The molecule has 0 bridgehead atoms. The van der Waals surface area contributed by atoms with Gasteiger partial charge in [0, 0.05) is 25.9 Å². The zero-order valence-corrected chi connectivity index (χ0v) is 51.5.